The Bertz CT molecular complexity index is 1430. The first-order valence-electron chi connectivity index (χ1n) is 14.4. The number of hydrogen-bond acceptors (Lipinski definition) is 7. The van der Waals surface area contributed by atoms with Crippen LogP contribution in [-0.4, -0.2) is 91.3 Å². The molecule has 3 saturated heterocycles. The Kier molecular flexibility index (Phi) is 8.10. The van der Waals surface area contributed by atoms with Crippen molar-refractivity contribution in [3.8, 4) is 0 Å². The van der Waals surface area contributed by atoms with E-state index in [1.807, 2.05) is 39.0 Å². The Balaban J connectivity index is 1.22. The molecule has 0 saturated carbocycles. The Hall–Kier alpha value is -3.44. The zero-order chi connectivity index (χ0) is 30.3. The number of ether oxygens (including phenoxy) is 1. The lowest BCUT2D eigenvalue weighted by Gasteiger charge is -2.38. The van der Waals surface area contributed by atoms with Crippen LogP contribution in [0.2, 0.25) is 0 Å². The van der Waals surface area contributed by atoms with Crippen LogP contribution >= 0.6 is 0 Å². The molecule has 2 aromatic carbocycles. The first-order valence-corrected chi connectivity index (χ1v) is 16.3. The molecule has 0 unspecified atom stereocenters. The average Bonchev–Trinajstić information content (AvgIpc) is 3.44. The van der Waals surface area contributed by atoms with Crippen molar-refractivity contribution in [1.29, 1.82) is 0 Å². The molecule has 226 valence electrons. The number of benzene rings is 2. The van der Waals surface area contributed by atoms with Gasteiger partial charge in [-0.25, -0.2) is 18.0 Å². The van der Waals surface area contributed by atoms with E-state index in [0.29, 0.717) is 44.6 Å². The summed E-state index contributed by atoms with van der Waals surface area (Å²) in [6.07, 6.45) is 1.84. The topological polar surface area (TPSA) is 116 Å². The number of nitrogens with zero attached hydrogens (tertiary/aromatic N) is 3. The van der Waals surface area contributed by atoms with E-state index in [4.69, 9.17) is 4.74 Å². The summed E-state index contributed by atoms with van der Waals surface area (Å²) in [6, 6.07) is 16.1. The molecule has 0 aliphatic carbocycles. The molecular weight excluding hydrogens is 556 g/mol. The van der Waals surface area contributed by atoms with Gasteiger partial charge in [-0.3, -0.25) is 9.69 Å². The van der Waals surface area contributed by atoms with Crippen LogP contribution in [-0.2, 0) is 25.9 Å². The van der Waals surface area contributed by atoms with E-state index in [0.717, 1.165) is 12.8 Å². The summed E-state index contributed by atoms with van der Waals surface area (Å²) in [7, 11) is -3.33. The first-order chi connectivity index (χ1) is 19.7. The molecule has 0 aromatic heterocycles. The number of urea groups is 1. The fraction of sp³-hybridized carbons (Fsp3) is 0.516. The number of rotatable bonds is 6. The summed E-state index contributed by atoms with van der Waals surface area (Å²) in [6.45, 7) is 8.95. The minimum Gasteiger partial charge on any atom is -0.444 e. The highest BCUT2D eigenvalue weighted by atomic mass is 32.2. The number of amides is 4. The average molecular weight is 597 g/mol. The van der Waals surface area contributed by atoms with Crippen LogP contribution in [0.3, 0.4) is 0 Å². The molecule has 2 aromatic rings. The van der Waals surface area contributed by atoms with E-state index < -0.39 is 27.0 Å². The van der Waals surface area contributed by atoms with Gasteiger partial charge in [0.25, 0.3) is 5.91 Å². The third kappa shape index (κ3) is 6.47. The molecule has 5 rings (SSSR count). The number of nitrogens with one attached hydrogen (secondary N) is 1. The number of carbonyl (C=O) groups excluding carboxylic acids is 3. The van der Waals surface area contributed by atoms with Crippen molar-refractivity contribution in [3.63, 3.8) is 0 Å². The van der Waals surface area contributed by atoms with Crippen LogP contribution < -0.4 is 5.32 Å². The van der Waals surface area contributed by atoms with Crippen molar-refractivity contribution in [1.82, 2.24) is 20.0 Å². The Labute approximate surface area is 247 Å². The SMILES string of the molecule is CC(C)(C)OC(=O)N1C[C@H](CN2CCC3(CC2)NC(=O)N(Cc2ccc(S(C)(=O)=O)cc2)C3=O)[C@@H](c2ccccc2)C1. The molecule has 0 bridgehead atoms. The molecule has 10 nitrogen and oxygen atoms in total. The van der Waals surface area contributed by atoms with Gasteiger partial charge < -0.3 is 19.9 Å². The van der Waals surface area contributed by atoms with E-state index >= 15 is 0 Å². The van der Waals surface area contributed by atoms with Crippen LogP contribution in [0.25, 0.3) is 0 Å². The first kappa shape index (κ1) is 30.0. The molecule has 42 heavy (non-hydrogen) atoms. The van der Waals surface area contributed by atoms with Gasteiger partial charge in [-0.15, -0.1) is 0 Å². The molecule has 3 aliphatic heterocycles. The quantitative estimate of drug-likeness (QED) is 0.507. The minimum atomic E-state index is -3.33. The zero-order valence-electron chi connectivity index (χ0n) is 24.7. The maximum atomic E-state index is 13.5. The van der Waals surface area contributed by atoms with Crippen molar-refractivity contribution in [3.05, 3.63) is 65.7 Å². The van der Waals surface area contributed by atoms with Gasteiger partial charge in [-0.2, -0.15) is 0 Å². The molecule has 11 heteroatoms. The minimum absolute atomic E-state index is 0.0848. The lowest BCUT2D eigenvalue weighted by Crippen LogP contribution is -2.55. The lowest BCUT2D eigenvalue weighted by atomic mass is 9.85. The second-order valence-electron chi connectivity index (χ2n) is 12.8. The number of likely N-dealkylation sites (tertiary alicyclic amines) is 2. The van der Waals surface area contributed by atoms with Crippen molar-refractivity contribution < 1.29 is 27.5 Å². The van der Waals surface area contributed by atoms with Gasteiger partial charge in [0, 0.05) is 44.9 Å². The van der Waals surface area contributed by atoms with Crippen molar-refractivity contribution in [2.45, 2.75) is 62.1 Å². The summed E-state index contributed by atoms with van der Waals surface area (Å²) in [5, 5.41) is 2.96. The molecule has 3 fully saturated rings. The van der Waals surface area contributed by atoms with Gasteiger partial charge in [0.15, 0.2) is 9.84 Å². The Morgan fingerprint density at radius 1 is 1.00 bits per heavy atom. The monoisotopic (exact) mass is 596 g/mol. The number of imide groups is 1. The molecule has 1 spiro atoms. The van der Waals surface area contributed by atoms with Crippen LogP contribution in [0.5, 0.6) is 0 Å². The third-order valence-corrected chi connectivity index (χ3v) is 9.59. The zero-order valence-corrected chi connectivity index (χ0v) is 25.5. The third-order valence-electron chi connectivity index (χ3n) is 8.46. The van der Waals surface area contributed by atoms with Crippen LogP contribution in [0.4, 0.5) is 9.59 Å². The smallest absolute Gasteiger partial charge is 0.410 e. The predicted molar refractivity (Wildman–Crippen MR) is 158 cm³/mol. The van der Waals surface area contributed by atoms with Gasteiger partial charge in [0.1, 0.15) is 11.1 Å². The van der Waals surface area contributed by atoms with E-state index in [-0.39, 0.29) is 35.3 Å². The predicted octanol–water partition coefficient (Wildman–Crippen LogP) is 3.63. The molecule has 1 N–H and O–H groups in total. The highest BCUT2D eigenvalue weighted by Gasteiger charge is 2.52. The van der Waals surface area contributed by atoms with Crippen LogP contribution in [0, 0.1) is 5.92 Å². The van der Waals surface area contributed by atoms with Gasteiger partial charge in [0.05, 0.1) is 11.4 Å². The summed E-state index contributed by atoms with van der Waals surface area (Å²) < 4.78 is 29.2. The van der Waals surface area contributed by atoms with E-state index in [9.17, 15) is 22.8 Å². The Morgan fingerprint density at radius 2 is 1.64 bits per heavy atom. The summed E-state index contributed by atoms with van der Waals surface area (Å²) in [4.78, 5) is 44.9. The normalized spacial score (nSPS) is 23.0. The maximum absolute atomic E-state index is 13.5. The van der Waals surface area contributed by atoms with Gasteiger partial charge in [0.2, 0.25) is 0 Å². The largest absolute Gasteiger partial charge is 0.444 e. The fourth-order valence-electron chi connectivity index (χ4n) is 6.24. The van der Waals surface area contributed by atoms with Gasteiger partial charge in [-0.1, -0.05) is 42.5 Å². The maximum Gasteiger partial charge on any atom is 0.410 e. The van der Waals surface area contributed by atoms with Gasteiger partial charge in [-0.05, 0) is 62.8 Å². The second kappa shape index (κ2) is 11.3. The standard InChI is InChI=1S/C31H40N4O6S/c1-30(2,3)41-29(38)34-20-24(26(21-34)23-8-6-5-7-9-23)19-33-16-14-31(15-17-33)27(36)35(28(37)32-31)18-22-10-12-25(13-11-22)42(4,39)40/h5-13,24,26H,14-21H2,1-4H3,(H,32,37)/t24-,26+/m0/s1. The van der Waals surface area contributed by atoms with E-state index in [1.165, 1.54) is 22.6 Å². The summed E-state index contributed by atoms with van der Waals surface area (Å²) in [5.41, 5.74) is 0.380. The number of piperidine rings is 1. The van der Waals surface area contributed by atoms with E-state index in [1.54, 1.807) is 17.0 Å². The van der Waals surface area contributed by atoms with Crippen LogP contribution in [0.15, 0.2) is 59.5 Å². The summed E-state index contributed by atoms with van der Waals surface area (Å²) in [5.74, 6) is 0.139. The summed E-state index contributed by atoms with van der Waals surface area (Å²) >= 11 is 0. The molecule has 4 amide bonds. The highest BCUT2D eigenvalue weighted by Crippen LogP contribution is 2.36. The molecule has 3 aliphatic rings. The van der Waals surface area contributed by atoms with Crippen molar-refractivity contribution in [2.24, 2.45) is 5.92 Å². The molecular formula is C31H40N4O6S. The Morgan fingerprint density at radius 3 is 2.24 bits per heavy atom. The van der Waals surface area contributed by atoms with Crippen molar-refractivity contribution in [2.75, 3.05) is 39.0 Å². The molecule has 0 radical (unpaired) electrons. The molecule has 2 atom stereocenters. The van der Waals surface area contributed by atoms with Crippen LogP contribution in [0.1, 0.15) is 50.7 Å². The van der Waals surface area contributed by atoms with E-state index in [2.05, 4.69) is 22.3 Å². The fourth-order valence-corrected chi connectivity index (χ4v) is 6.87. The molecule has 3 heterocycles. The second-order valence-corrected chi connectivity index (χ2v) is 14.8. The number of sulfone groups is 1. The highest BCUT2D eigenvalue weighted by molar-refractivity contribution is 7.90. The van der Waals surface area contributed by atoms with Crippen molar-refractivity contribution >= 4 is 27.9 Å². The lowest BCUT2D eigenvalue weighted by molar-refractivity contribution is -0.133. The number of carbonyl (C=O) groups is 3. The van der Waals surface area contributed by atoms with Gasteiger partial charge >= 0.3 is 12.1 Å². The number of hydrogen-bond donors (Lipinski definition) is 1.